The highest BCUT2D eigenvalue weighted by Crippen LogP contribution is 2.64. The summed E-state index contributed by atoms with van der Waals surface area (Å²) in [4.78, 5) is 24.4. The van der Waals surface area contributed by atoms with Crippen molar-refractivity contribution in [3.8, 4) is 0 Å². The summed E-state index contributed by atoms with van der Waals surface area (Å²) in [6.45, 7) is 6.23. The maximum absolute atomic E-state index is 14.4. The molecule has 1 aliphatic rings. The van der Waals surface area contributed by atoms with Gasteiger partial charge in [0.05, 0.1) is 54.8 Å². The van der Waals surface area contributed by atoms with Crippen molar-refractivity contribution in [1.29, 1.82) is 0 Å². The summed E-state index contributed by atoms with van der Waals surface area (Å²) in [7, 11) is -1.14. The maximum atomic E-state index is 14.4. The van der Waals surface area contributed by atoms with E-state index in [0.29, 0.717) is 23.6 Å². The average Bonchev–Trinajstić information content (AvgIpc) is 2.88. The van der Waals surface area contributed by atoms with Gasteiger partial charge in [-0.15, -0.1) is 0 Å². The molecule has 0 bridgehead atoms. The van der Waals surface area contributed by atoms with Crippen LogP contribution in [-0.4, -0.2) is 71.4 Å². The predicted octanol–water partition coefficient (Wildman–Crippen LogP) is 4.28. The normalized spacial score (nSPS) is 16.0. The van der Waals surface area contributed by atoms with Crippen molar-refractivity contribution in [2.75, 3.05) is 60.5 Å². The Morgan fingerprint density at radius 2 is 1.66 bits per heavy atom. The van der Waals surface area contributed by atoms with Crippen molar-refractivity contribution >= 4 is 19.3 Å². The Morgan fingerprint density at radius 3 is 2.24 bits per heavy atom. The molecule has 0 amide bonds. The van der Waals surface area contributed by atoms with Gasteiger partial charge >= 0.3 is 13.6 Å². The first kappa shape index (κ1) is 31.6. The van der Waals surface area contributed by atoms with E-state index in [2.05, 4.69) is 5.32 Å². The Labute approximate surface area is 222 Å². The number of esters is 1. The van der Waals surface area contributed by atoms with E-state index in [1.807, 2.05) is 6.92 Å². The van der Waals surface area contributed by atoms with Crippen molar-refractivity contribution in [2.45, 2.75) is 33.1 Å². The molecule has 1 unspecified atom stereocenters. The van der Waals surface area contributed by atoms with Gasteiger partial charge in [-0.3, -0.25) is 14.7 Å². The second-order valence-corrected chi connectivity index (χ2v) is 10.3. The van der Waals surface area contributed by atoms with Crippen LogP contribution in [0.4, 0.5) is 5.69 Å². The first-order valence-corrected chi connectivity index (χ1v) is 13.8. The highest BCUT2D eigenvalue weighted by atomic mass is 31.2. The lowest BCUT2D eigenvalue weighted by Crippen LogP contribution is -2.30. The zero-order valence-electron chi connectivity index (χ0n) is 22.5. The topological polar surface area (TPSA) is 145 Å². The van der Waals surface area contributed by atoms with E-state index in [1.54, 1.807) is 19.9 Å². The van der Waals surface area contributed by atoms with Gasteiger partial charge in [0.2, 0.25) is 0 Å². The van der Waals surface area contributed by atoms with Crippen molar-refractivity contribution < 1.29 is 42.3 Å². The summed E-state index contributed by atoms with van der Waals surface area (Å²) >= 11 is 0. The van der Waals surface area contributed by atoms with Gasteiger partial charge in [-0.25, -0.2) is 4.79 Å². The number of nitro benzene ring substituents is 1. The molecule has 1 aromatic carbocycles. The summed E-state index contributed by atoms with van der Waals surface area (Å²) in [6, 6.07) is 5.80. The minimum Gasteiger partial charge on any atom is -0.460 e. The minimum atomic E-state index is -4.09. The Bertz CT molecular complexity index is 1060. The quantitative estimate of drug-likeness (QED) is 0.0965. The van der Waals surface area contributed by atoms with Crippen LogP contribution in [-0.2, 0) is 37.4 Å². The van der Waals surface area contributed by atoms with E-state index >= 15 is 0 Å². The smallest absolute Gasteiger partial charge is 0.360 e. The lowest BCUT2D eigenvalue weighted by molar-refractivity contribution is -0.384. The molecule has 38 heavy (non-hydrogen) atoms. The van der Waals surface area contributed by atoms with Crippen LogP contribution in [0.25, 0.3) is 0 Å². The molecule has 1 heterocycles. The number of hydrogen-bond acceptors (Lipinski definition) is 11. The summed E-state index contributed by atoms with van der Waals surface area (Å²) < 4.78 is 46.9. The third-order valence-corrected chi connectivity index (χ3v) is 7.79. The molecule has 0 saturated heterocycles. The van der Waals surface area contributed by atoms with Gasteiger partial charge in [-0.2, -0.15) is 0 Å². The molecule has 0 fully saturated rings. The molecule has 1 aliphatic heterocycles. The van der Waals surface area contributed by atoms with Crippen LogP contribution in [0.3, 0.4) is 0 Å². The number of carbonyl (C=O) groups excluding carboxylic acids is 1. The zero-order valence-corrected chi connectivity index (χ0v) is 23.4. The molecule has 0 spiro atoms. The second kappa shape index (κ2) is 15.7. The van der Waals surface area contributed by atoms with E-state index in [0.717, 1.165) is 6.42 Å². The highest BCUT2D eigenvalue weighted by Gasteiger charge is 2.45. The van der Waals surface area contributed by atoms with Gasteiger partial charge in [0.1, 0.15) is 6.61 Å². The minimum absolute atomic E-state index is 0.00163. The third-order valence-electron chi connectivity index (χ3n) is 5.56. The van der Waals surface area contributed by atoms with Gasteiger partial charge < -0.3 is 33.3 Å². The van der Waals surface area contributed by atoms with Gasteiger partial charge in [0.15, 0.2) is 0 Å². The van der Waals surface area contributed by atoms with Crippen molar-refractivity contribution in [2.24, 2.45) is 0 Å². The number of nitrogens with one attached hydrogen (secondary N) is 1. The summed E-state index contributed by atoms with van der Waals surface area (Å²) in [5.74, 6) is -1.70. The monoisotopic (exact) mass is 556 g/mol. The maximum Gasteiger partial charge on any atom is 0.360 e. The molecule has 2 rings (SSSR count). The van der Waals surface area contributed by atoms with E-state index < -0.39 is 24.4 Å². The third kappa shape index (κ3) is 8.45. The van der Waals surface area contributed by atoms with Crippen LogP contribution < -0.4 is 5.32 Å². The van der Waals surface area contributed by atoms with Crippen LogP contribution in [0.1, 0.15) is 38.7 Å². The fourth-order valence-corrected chi connectivity index (χ4v) is 5.98. The highest BCUT2D eigenvalue weighted by molar-refractivity contribution is 7.58. The van der Waals surface area contributed by atoms with Gasteiger partial charge in [0, 0.05) is 44.4 Å². The van der Waals surface area contributed by atoms with Crippen LogP contribution in [0, 0.1) is 10.1 Å². The molecule has 0 radical (unpaired) electrons. The number of nitro groups is 1. The molecule has 1 aromatic rings. The van der Waals surface area contributed by atoms with Crippen molar-refractivity contribution in [1.82, 2.24) is 5.32 Å². The molecule has 212 valence electrons. The Balaban J connectivity index is 2.61. The lowest BCUT2D eigenvalue weighted by atomic mass is 9.86. The van der Waals surface area contributed by atoms with E-state index in [4.69, 9.17) is 28.0 Å². The standard InChI is InChI=1S/C25H37N2O10P/c1-6-10-34-13-14-35-25(28)22-18(2)26-19(3)24(23(22)20-8-7-9-21(17-20)27(29)30)38(31,36-15-11-32-4)37-16-12-33-5/h7-9,17,23,26H,6,10-16H2,1-5H3. The number of benzene rings is 1. The van der Waals surface area contributed by atoms with Crippen LogP contribution in [0.15, 0.2) is 46.5 Å². The molecule has 0 aromatic heterocycles. The Hall–Kier alpha value is -2.60. The molecular formula is C25H37N2O10P. The molecule has 0 aliphatic carbocycles. The number of rotatable bonds is 17. The van der Waals surface area contributed by atoms with Crippen LogP contribution >= 0.6 is 7.60 Å². The molecule has 1 N–H and O–H groups in total. The number of non-ortho nitro benzene ring substituents is 1. The van der Waals surface area contributed by atoms with Crippen molar-refractivity contribution in [3.63, 3.8) is 0 Å². The molecule has 12 nitrogen and oxygen atoms in total. The number of ether oxygens (including phenoxy) is 4. The molecule has 13 heteroatoms. The van der Waals surface area contributed by atoms with E-state index in [-0.39, 0.29) is 56.2 Å². The Morgan fingerprint density at radius 1 is 1.00 bits per heavy atom. The SMILES string of the molecule is CCCOCCOC(=O)C1=C(C)NC(C)=C(P(=O)(OCCOC)OCCOC)C1c1cccc([N+](=O)[O-])c1. The summed E-state index contributed by atoms with van der Waals surface area (Å²) in [5.41, 5.74) is 1.18. The van der Waals surface area contributed by atoms with E-state index in [9.17, 15) is 19.5 Å². The van der Waals surface area contributed by atoms with Gasteiger partial charge in [-0.05, 0) is 25.8 Å². The van der Waals surface area contributed by atoms with Gasteiger partial charge in [-0.1, -0.05) is 19.1 Å². The number of carbonyl (C=O) groups is 1. The number of hydrogen-bond donors (Lipinski definition) is 1. The molecule has 0 saturated carbocycles. The second-order valence-electron chi connectivity index (χ2n) is 8.36. The fraction of sp³-hybridized carbons (Fsp3) is 0.560. The lowest BCUT2D eigenvalue weighted by Gasteiger charge is -2.34. The fourth-order valence-electron chi connectivity index (χ4n) is 3.93. The molecular weight excluding hydrogens is 519 g/mol. The first-order chi connectivity index (χ1) is 18.2. The Kier molecular flexibility index (Phi) is 13.1. The van der Waals surface area contributed by atoms with E-state index in [1.165, 1.54) is 32.4 Å². The van der Waals surface area contributed by atoms with Gasteiger partial charge in [0.25, 0.3) is 5.69 Å². The predicted molar refractivity (Wildman–Crippen MR) is 140 cm³/mol. The number of dihydropyridines is 1. The summed E-state index contributed by atoms with van der Waals surface area (Å²) in [6.07, 6.45) is 0.825. The number of allylic oxidation sites excluding steroid dienone is 3. The van der Waals surface area contributed by atoms with Crippen LogP contribution in [0.5, 0.6) is 0 Å². The molecule has 1 atom stereocenters. The zero-order chi connectivity index (χ0) is 28.1. The van der Waals surface area contributed by atoms with Crippen molar-refractivity contribution in [3.05, 3.63) is 62.2 Å². The largest absolute Gasteiger partial charge is 0.460 e. The summed E-state index contributed by atoms with van der Waals surface area (Å²) in [5, 5.41) is 14.8. The average molecular weight is 557 g/mol. The first-order valence-electron chi connectivity index (χ1n) is 12.3. The number of methoxy groups -OCH3 is 2. The number of nitrogens with zero attached hydrogens (tertiary/aromatic N) is 1. The van der Waals surface area contributed by atoms with Crippen LogP contribution in [0.2, 0.25) is 0 Å².